The van der Waals surface area contributed by atoms with Crippen molar-refractivity contribution >= 4 is 17.5 Å². The molecule has 1 aliphatic heterocycles. The number of amides is 2. The SMILES string of the molecule is COc1nc2c(cc1C(=O)Nc1cc(C(=O)N3CCCCC3)ccc1C)CCC2. The summed E-state index contributed by atoms with van der Waals surface area (Å²) in [6.07, 6.45) is 6.18. The highest BCUT2D eigenvalue weighted by molar-refractivity contribution is 6.07. The van der Waals surface area contributed by atoms with Gasteiger partial charge in [0, 0.05) is 30.0 Å². The number of likely N-dealkylation sites (tertiary alicyclic amines) is 1. The van der Waals surface area contributed by atoms with Crippen molar-refractivity contribution in [3.63, 3.8) is 0 Å². The number of methoxy groups -OCH3 is 1. The highest BCUT2D eigenvalue weighted by Crippen LogP contribution is 2.28. The Morgan fingerprint density at radius 1 is 1.07 bits per heavy atom. The molecule has 1 aromatic heterocycles. The first-order chi connectivity index (χ1) is 14.1. The van der Waals surface area contributed by atoms with Crippen LogP contribution >= 0.6 is 0 Å². The van der Waals surface area contributed by atoms with Crippen LogP contribution in [0.5, 0.6) is 5.88 Å². The maximum Gasteiger partial charge on any atom is 0.261 e. The van der Waals surface area contributed by atoms with Crippen LogP contribution in [0.4, 0.5) is 5.69 Å². The zero-order valence-electron chi connectivity index (χ0n) is 17.1. The predicted octanol–water partition coefficient (Wildman–Crippen LogP) is 3.77. The van der Waals surface area contributed by atoms with Gasteiger partial charge in [-0.15, -0.1) is 0 Å². The zero-order valence-corrected chi connectivity index (χ0v) is 17.1. The first kappa shape index (κ1) is 19.4. The normalized spacial score (nSPS) is 15.7. The number of piperidine rings is 1. The summed E-state index contributed by atoms with van der Waals surface area (Å²) in [5.41, 5.74) is 4.71. The second-order valence-corrected chi connectivity index (χ2v) is 7.84. The fourth-order valence-electron chi connectivity index (χ4n) is 4.13. The molecular weight excluding hydrogens is 366 g/mol. The molecule has 2 aliphatic rings. The van der Waals surface area contributed by atoms with Crippen molar-refractivity contribution in [2.24, 2.45) is 0 Å². The average molecular weight is 393 g/mol. The lowest BCUT2D eigenvalue weighted by Gasteiger charge is -2.27. The Balaban J connectivity index is 1.58. The first-order valence-corrected chi connectivity index (χ1v) is 10.3. The van der Waals surface area contributed by atoms with Crippen LogP contribution in [0.3, 0.4) is 0 Å². The highest BCUT2D eigenvalue weighted by atomic mass is 16.5. The third kappa shape index (κ3) is 3.97. The van der Waals surface area contributed by atoms with Gasteiger partial charge < -0.3 is 15.0 Å². The number of nitrogens with one attached hydrogen (secondary N) is 1. The molecule has 0 atom stereocenters. The van der Waals surface area contributed by atoms with Gasteiger partial charge in [-0.05, 0) is 74.8 Å². The van der Waals surface area contributed by atoms with Crippen molar-refractivity contribution in [1.29, 1.82) is 0 Å². The van der Waals surface area contributed by atoms with Gasteiger partial charge in [0.2, 0.25) is 5.88 Å². The van der Waals surface area contributed by atoms with E-state index in [-0.39, 0.29) is 11.8 Å². The van der Waals surface area contributed by atoms with E-state index < -0.39 is 0 Å². The third-order valence-corrected chi connectivity index (χ3v) is 5.83. The van der Waals surface area contributed by atoms with Crippen LogP contribution in [0.15, 0.2) is 24.3 Å². The molecular formula is C23H27N3O3. The summed E-state index contributed by atoms with van der Waals surface area (Å²) >= 11 is 0. The summed E-state index contributed by atoms with van der Waals surface area (Å²) in [7, 11) is 1.53. The number of carbonyl (C=O) groups is 2. The van der Waals surface area contributed by atoms with Crippen molar-refractivity contribution < 1.29 is 14.3 Å². The van der Waals surface area contributed by atoms with Crippen LogP contribution < -0.4 is 10.1 Å². The average Bonchev–Trinajstić information content (AvgIpc) is 3.22. The minimum atomic E-state index is -0.269. The van der Waals surface area contributed by atoms with Crippen molar-refractivity contribution in [2.75, 3.05) is 25.5 Å². The van der Waals surface area contributed by atoms with E-state index in [2.05, 4.69) is 10.3 Å². The summed E-state index contributed by atoms with van der Waals surface area (Å²) in [6, 6.07) is 7.38. The topological polar surface area (TPSA) is 71.5 Å². The van der Waals surface area contributed by atoms with Crippen LogP contribution in [-0.2, 0) is 12.8 Å². The van der Waals surface area contributed by atoms with E-state index in [0.717, 1.165) is 62.0 Å². The number of fused-ring (bicyclic) bond motifs is 1. The number of pyridine rings is 1. The summed E-state index contributed by atoms with van der Waals surface area (Å²) in [6.45, 7) is 3.52. The number of aromatic nitrogens is 1. The van der Waals surface area contributed by atoms with E-state index >= 15 is 0 Å². The van der Waals surface area contributed by atoms with Gasteiger partial charge in [-0.2, -0.15) is 0 Å². The van der Waals surface area contributed by atoms with Gasteiger partial charge in [0.15, 0.2) is 0 Å². The van der Waals surface area contributed by atoms with Gasteiger partial charge in [-0.25, -0.2) is 4.98 Å². The Labute approximate surface area is 171 Å². The Morgan fingerprint density at radius 2 is 1.86 bits per heavy atom. The van der Waals surface area contributed by atoms with E-state index in [1.165, 1.54) is 13.5 Å². The van der Waals surface area contributed by atoms with Crippen LogP contribution in [0.25, 0.3) is 0 Å². The number of anilines is 1. The molecule has 0 saturated carbocycles. The third-order valence-electron chi connectivity index (χ3n) is 5.83. The molecule has 152 valence electrons. The molecule has 29 heavy (non-hydrogen) atoms. The molecule has 2 heterocycles. The van der Waals surface area contributed by atoms with Gasteiger partial charge in [0.25, 0.3) is 11.8 Å². The summed E-state index contributed by atoms with van der Waals surface area (Å²) in [5, 5.41) is 2.96. The molecule has 1 fully saturated rings. The van der Waals surface area contributed by atoms with E-state index in [4.69, 9.17) is 4.74 Å². The zero-order chi connectivity index (χ0) is 20.4. The van der Waals surface area contributed by atoms with Gasteiger partial charge in [-0.1, -0.05) is 6.07 Å². The molecule has 1 N–H and O–H groups in total. The van der Waals surface area contributed by atoms with Crippen molar-refractivity contribution in [3.8, 4) is 5.88 Å². The Morgan fingerprint density at radius 3 is 2.62 bits per heavy atom. The highest BCUT2D eigenvalue weighted by Gasteiger charge is 2.23. The van der Waals surface area contributed by atoms with E-state index in [1.807, 2.05) is 30.0 Å². The minimum Gasteiger partial charge on any atom is -0.480 e. The van der Waals surface area contributed by atoms with Gasteiger partial charge in [0.05, 0.1) is 7.11 Å². The lowest BCUT2D eigenvalue weighted by atomic mass is 10.1. The smallest absolute Gasteiger partial charge is 0.261 e. The van der Waals surface area contributed by atoms with Crippen LogP contribution in [0.2, 0.25) is 0 Å². The maximum absolute atomic E-state index is 13.0. The van der Waals surface area contributed by atoms with E-state index in [0.29, 0.717) is 22.7 Å². The first-order valence-electron chi connectivity index (χ1n) is 10.3. The van der Waals surface area contributed by atoms with E-state index in [1.54, 1.807) is 6.07 Å². The van der Waals surface area contributed by atoms with Crippen molar-refractivity contribution in [3.05, 3.63) is 52.2 Å². The van der Waals surface area contributed by atoms with Gasteiger partial charge >= 0.3 is 0 Å². The summed E-state index contributed by atoms with van der Waals surface area (Å²) in [4.78, 5) is 32.2. The Hall–Kier alpha value is -2.89. The van der Waals surface area contributed by atoms with Gasteiger partial charge in [0.1, 0.15) is 5.56 Å². The molecule has 0 radical (unpaired) electrons. The van der Waals surface area contributed by atoms with E-state index in [9.17, 15) is 9.59 Å². The number of carbonyl (C=O) groups excluding carboxylic acids is 2. The number of ether oxygens (including phenoxy) is 1. The molecule has 2 aromatic rings. The minimum absolute atomic E-state index is 0.0250. The number of aryl methyl sites for hydroxylation is 3. The number of hydrogen-bond donors (Lipinski definition) is 1. The molecule has 0 bridgehead atoms. The fraction of sp³-hybridized carbons (Fsp3) is 0.435. The maximum atomic E-state index is 13.0. The standard InChI is InChI=1S/C23H27N3O3/c1-15-9-10-17(23(28)26-11-4-3-5-12-26)14-20(15)24-21(27)18-13-16-7-6-8-19(16)25-22(18)29-2/h9-10,13-14H,3-8,11-12H2,1-2H3,(H,24,27). The van der Waals surface area contributed by atoms with Crippen molar-refractivity contribution in [2.45, 2.75) is 45.4 Å². The molecule has 6 nitrogen and oxygen atoms in total. The number of benzene rings is 1. The number of nitrogens with zero attached hydrogens (tertiary/aromatic N) is 2. The van der Waals surface area contributed by atoms with Gasteiger partial charge in [-0.3, -0.25) is 9.59 Å². The number of hydrogen-bond acceptors (Lipinski definition) is 4. The molecule has 2 amide bonds. The quantitative estimate of drug-likeness (QED) is 0.858. The molecule has 6 heteroatoms. The van der Waals surface area contributed by atoms with Crippen LogP contribution in [0, 0.1) is 6.92 Å². The Bertz CT molecular complexity index is 949. The predicted molar refractivity (Wildman–Crippen MR) is 112 cm³/mol. The fourth-order valence-corrected chi connectivity index (χ4v) is 4.13. The number of rotatable bonds is 4. The molecule has 0 unspecified atom stereocenters. The Kier molecular flexibility index (Phi) is 5.51. The van der Waals surface area contributed by atoms with Crippen LogP contribution in [-0.4, -0.2) is 41.9 Å². The van der Waals surface area contributed by atoms with Crippen LogP contribution in [0.1, 0.15) is 63.2 Å². The largest absolute Gasteiger partial charge is 0.480 e. The second-order valence-electron chi connectivity index (χ2n) is 7.84. The molecule has 0 spiro atoms. The lowest BCUT2D eigenvalue weighted by Crippen LogP contribution is -2.35. The molecule has 1 aromatic carbocycles. The lowest BCUT2D eigenvalue weighted by molar-refractivity contribution is 0.0724. The molecule has 4 rings (SSSR count). The summed E-state index contributed by atoms with van der Waals surface area (Å²) in [5.74, 6) is 0.105. The monoisotopic (exact) mass is 393 g/mol. The van der Waals surface area contributed by atoms with Crippen molar-refractivity contribution in [1.82, 2.24) is 9.88 Å². The molecule has 1 saturated heterocycles. The summed E-state index contributed by atoms with van der Waals surface area (Å²) < 4.78 is 5.37. The second kappa shape index (κ2) is 8.23. The molecule has 1 aliphatic carbocycles.